The Balaban J connectivity index is 2.59. The van der Waals surface area contributed by atoms with Crippen LogP contribution in [0.3, 0.4) is 0 Å². The molecule has 0 unspecified atom stereocenters. The van der Waals surface area contributed by atoms with Crippen LogP contribution in [0.2, 0.25) is 0 Å². The number of aliphatic hydroxyl groups excluding tert-OH is 1. The van der Waals surface area contributed by atoms with E-state index in [4.69, 9.17) is 5.11 Å². The van der Waals surface area contributed by atoms with Crippen molar-refractivity contribution < 1.29 is 14.6 Å². The van der Waals surface area contributed by atoms with Gasteiger partial charge in [0.05, 0.1) is 6.42 Å². The lowest BCUT2D eigenvalue weighted by Crippen LogP contribution is -1.91. The van der Waals surface area contributed by atoms with E-state index in [-0.39, 0.29) is 11.0 Å². The predicted octanol–water partition coefficient (Wildman–Crippen LogP) is 1.09. The topological polar surface area (TPSA) is 46.5 Å². The molecule has 0 aliphatic carbocycles. The van der Waals surface area contributed by atoms with Crippen LogP contribution in [0.25, 0.3) is 0 Å². The van der Waals surface area contributed by atoms with Crippen LogP contribution in [0.5, 0.6) is 0 Å². The average Bonchev–Trinajstić information content (AvgIpc) is 2.13. The van der Waals surface area contributed by atoms with Crippen LogP contribution in [0, 0.1) is 0 Å². The second-order valence-electron chi connectivity index (χ2n) is 1.92. The third kappa shape index (κ3) is 1.80. The highest BCUT2D eigenvalue weighted by Gasteiger charge is 2.16. The Bertz CT molecular complexity index is 207. The van der Waals surface area contributed by atoms with Gasteiger partial charge in [0.2, 0.25) is 0 Å². The summed E-state index contributed by atoms with van der Waals surface area (Å²) in [6.45, 7) is 0. The number of hydrogen-bond acceptors (Lipinski definition) is 3. The number of allylic oxidation sites excluding steroid dienone is 1. The molecule has 1 N–H and O–H groups in total. The standard InChI is InChI=1S/C6H6O3S/c7-5-2-1-4(9-5)3-6(8)10/h3H,1-2H2,(H,8,10). The molecule has 0 amide bonds. The Hall–Kier alpha value is -0.900. The van der Waals surface area contributed by atoms with E-state index in [1.54, 1.807) is 0 Å². The average molecular weight is 158 g/mol. The van der Waals surface area contributed by atoms with Crippen molar-refractivity contribution in [3.63, 3.8) is 0 Å². The number of esters is 1. The molecule has 1 heterocycles. The quantitative estimate of drug-likeness (QED) is 0.352. The van der Waals surface area contributed by atoms with Gasteiger partial charge in [0, 0.05) is 12.5 Å². The highest BCUT2D eigenvalue weighted by molar-refractivity contribution is 7.80. The first-order valence-electron chi connectivity index (χ1n) is 2.82. The van der Waals surface area contributed by atoms with Gasteiger partial charge in [0.15, 0.2) is 5.05 Å². The maximum absolute atomic E-state index is 10.4. The van der Waals surface area contributed by atoms with Crippen LogP contribution < -0.4 is 0 Å². The molecule has 0 aromatic carbocycles. The molecule has 0 radical (unpaired) electrons. The van der Waals surface area contributed by atoms with Gasteiger partial charge >= 0.3 is 5.97 Å². The number of rotatable bonds is 1. The third-order valence-electron chi connectivity index (χ3n) is 1.10. The number of thiocarbonyl (C=S) groups is 1. The zero-order chi connectivity index (χ0) is 7.56. The summed E-state index contributed by atoms with van der Waals surface area (Å²) >= 11 is 4.36. The summed E-state index contributed by atoms with van der Waals surface area (Å²) < 4.78 is 4.65. The van der Waals surface area contributed by atoms with Gasteiger partial charge in [0.1, 0.15) is 5.76 Å². The molecule has 0 bridgehead atoms. The van der Waals surface area contributed by atoms with Crippen LogP contribution in [-0.4, -0.2) is 16.1 Å². The Morgan fingerprint density at radius 1 is 1.70 bits per heavy atom. The van der Waals surface area contributed by atoms with E-state index in [9.17, 15) is 4.79 Å². The van der Waals surface area contributed by atoms with Crippen molar-refractivity contribution in [2.75, 3.05) is 0 Å². The van der Waals surface area contributed by atoms with Gasteiger partial charge in [-0.25, -0.2) is 0 Å². The molecule has 0 aromatic heterocycles. The molecule has 1 fully saturated rings. The van der Waals surface area contributed by atoms with Gasteiger partial charge in [-0.3, -0.25) is 4.79 Å². The predicted molar refractivity (Wildman–Crippen MR) is 38.6 cm³/mol. The van der Waals surface area contributed by atoms with Crippen LogP contribution in [0.1, 0.15) is 12.8 Å². The second kappa shape index (κ2) is 2.79. The zero-order valence-electron chi connectivity index (χ0n) is 5.16. The lowest BCUT2D eigenvalue weighted by molar-refractivity contribution is -0.135. The summed E-state index contributed by atoms with van der Waals surface area (Å²) in [5.74, 6) is 0.194. The monoisotopic (exact) mass is 158 g/mol. The van der Waals surface area contributed by atoms with E-state index in [2.05, 4.69) is 17.0 Å². The van der Waals surface area contributed by atoms with Gasteiger partial charge in [-0.15, -0.1) is 0 Å². The molecule has 0 saturated carbocycles. The van der Waals surface area contributed by atoms with E-state index in [1.165, 1.54) is 6.08 Å². The fourth-order valence-electron chi connectivity index (χ4n) is 0.713. The molecule has 1 rings (SSSR count). The van der Waals surface area contributed by atoms with Crippen LogP contribution in [-0.2, 0) is 9.53 Å². The Morgan fingerprint density at radius 2 is 2.40 bits per heavy atom. The molecule has 4 heteroatoms. The summed E-state index contributed by atoms with van der Waals surface area (Å²) in [5.41, 5.74) is 0. The van der Waals surface area contributed by atoms with Gasteiger partial charge < -0.3 is 9.84 Å². The zero-order valence-corrected chi connectivity index (χ0v) is 5.98. The number of cyclic esters (lactones) is 1. The molecular weight excluding hydrogens is 152 g/mol. The van der Waals surface area contributed by atoms with E-state index < -0.39 is 0 Å². The lowest BCUT2D eigenvalue weighted by Gasteiger charge is -1.91. The summed E-state index contributed by atoms with van der Waals surface area (Å²) in [7, 11) is 0. The number of hydrogen-bond donors (Lipinski definition) is 1. The minimum Gasteiger partial charge on any atom is -0.499 e. The van der Waals surface area contributed by atoms with E-state index >= 15 is 0 Å². The molecule has 0 aromatic rings. The van der Waals surface area contributed by atoms with Gasteiger partial charge in [-0.1, -0.05) is 0 Å². The number of carbonyl (C=O) groups is 1. The molecule has 1 aliphatic heterocycles. The van der Waals surface area contributed by atoms with Crippen molar-refractivity contribution in [3.8, 4) is 0 Å². The number of ether oxygens (including phenoxy) is 1. The fraction of sp³-hybridized carbons (Fsp3) is 0.333. The summed E-state index contributed by atoms with van der Waals surface area (Å²) in [4.78, 5) is 10.4. The van der Waals surface area contributed by atoms with E-state index in [0.29, 0.717) is 18.6 Å². The summed E-state index contributed by atoms with van der Waals surface area (Å²) in [6, 6.07) is 0. The molecule has 0 atom stereocenters. The van der Waals surface area contributed by atoms with Gasteiger partial charge in [0.25, 0.3) is 0 Å². The second-order valence-corrected chi connectivity index (χ2v) is 2.34. The number of aliphatic hydroxyl groups is 1. The van der Waals surface area contributed by atoms with Crippen LogP contribution in [0.15, 0.2) is 11.8 Å². The van der Waals surface area contributed by atoms with Crippen molar-refractivity contribution in [1.29, 1.82) is 0 Å². The lowest BCUT2D eigenvalue weighted by atomic mass is 10.3. The van der Waals surface area contributed by atoms with Crippen molar-refractivity contribution in [3.05, 3.63) is 11.8 Å². The van der Waals surface area contributed by atoms with Crippen LogP contribution in [0.4, 0.5) is 0 Å². The smallest absolute Gasteiger partial charge is 0.311 e. The molecule has 10 heavy (non-hydrogen) atoms. The first kappa shape index (κ1) is 7.21. The Morgan fingerprint density at radius 3 is 2.80 bits per heavy atom. The maximum Gasteiger partial charge on any atom is 0.311 e. The van der Waals surface area contributed by atoms with Crippen LogP contribution >= 0.6 is 12.2 Å². The van der Waals surface area contributed by atoms with Crippen molar-refractivity contribution in [2.24, 2.45) is 0 Å². The molecule has 54 valence electrons. The molecule has 3 nitrogen and oxygen atoms in total. The first-order valence-corrected chi connectivity index (χ1v) is 3.23. The number of carbonyl (C=O) groups excluding carboxylic acids is 1. The Kier molecular flexibility index (Phi) is 2.01. The molecule has 1 saturated heterocycles. The van der Waals surface area contributed by atoms with E-state index in [0.717, 1.165) is 0 Å². The minimum absolute atomic E-state index is 0.246. The largest absolute Gasteiger partial charge is 0.499 e. The van der Waals surface area contributed by atoms with Crippen molar-refractivity contribution >= 4 is 23.2 Å². The fourth-order valence-corrected chi connectivity index (χ4v) is 0.844. The molecular formula is C6H6O3S. The Labute approximate surface area is 63.3 Å². The molecule has 0 spiro atoms. The third-order valence-corrected chi connectivity index (χ3v) is 1.22. The summed E-state index contributed by atoms with van der Waals surface area (Å²) in [5, 5.41) is 8.32. The van der Waals surface area contributed by atoms with Crippen molar-refractivity contribution in [2.45, 2.75) is 12.8 Å². The van der Waals surface area contributed by atoms with Gasteiger partial charge in [-0.2, -0.15) is 0 Å². The summed E-state index contributed by atoms with van der Waals surface area (Å²) in [6.07, 6.45) is 2.20. The minimum atomic E-state index is -0.262. The molecule has 1 aliphatic rings. The SMILES string of the molecule is O=C1CCC(=CC(O)=S)O1. The highest BCUT2D eigenvalue weighted by atomic mass is 32.1. The van der Waals surface area contributed by atoms with E-state index in [1.807, 2.05) is 0 Å². The first-order chi connectivity index (χ1) is 4.68. The highest BCUT2D eigenvalue weighted by Crippen LogP contribution is 2.16. The normalized spacial score (nSPS) is 21.2. The van der Waals surface area contributed by atoms with Gasteiger partial charge in [-0.05, 0) is 12.2 Å². The maximum atomic E-state index is 10.4. The van der Waals surface area contributed by atoms with Crippen molar-refractivity contribution in [1.82, 2.24) is 0 Å².